The fraction of sp³-hybridized carbons (Fsp3) is 0.143. The Morgan fingerprint density at radius 2 is 1.94 bits per heavy atom. The lowest BCUT2D eigenvalue weighted by atomic mass is 10.1. The summed E-state index contributed by atoms with van der Waals surface area (Å²) in [4.78, 5) is 32.8. The number of carbonyl (C=O) groups excluding carboxylic acids is 2. The number of aromatic nitrogens is 3. The molecule has 33 heavy (non-hydrogen) atoms. The van der Waals surface area contributed by atoms with Crippen LogP contribution in [0.3, 0.4) is 0 Å². The van der Waals surface area contributed by atoms with Gasteiger partial charge >= 0.3 is 16.1 Å². The first-order chi connectivity index (χ1) is 15.5. The average molecular weight is 469 g/mol. The first-order valence-corrected chi connectivity index (χ1v) is 11.0. The van der Waals surface area contributed by atoms with Gasteiger partial charge in [-0.05, 0) is 38.1 Å². The summed E-state index contributed by atoms with van der Waals surface area (Å²) in [5, 5.41) is 2.47. The van der Waals surface area contributed by atoms with E-state index in [1.165, 1.54) is 35.3 Å². The van der Waals surface area contributed by atoms with Gasteiger partial charge < -0.3 is 24.2 Å². The lowest BCUT2D eigenvalue weighted by Crippen LogP contribution is -2.20. The topological polar surface area (TPSA) is 159 Å². The van der Waals surface area contributed by atoms with Gasteiger partial charge in [-0.3, -0.25) is 9.78 Å². The van der Waals surface area contributed by atoms with E-state index in [4.69, 9.17) is 14.3 Å². The Hall–Kier alpha value is -4.19. The summed E-state index contributed by atoms with van der Waals surface area (Å²) in [5.41, 5.74) is 6.94. The zero-order valence-corrected chi connectivity index (χ0v) is 18.6. The smallest absolute Gasteiger partial charge is 0.358 e. The number of carbonyl (C=O) groups is 2. The molecule has 0 spiro atoms. The number of rotatable bonds is 6. The fourth-order valence-electron chi connectivity index (χ4n) is 3.27. The van der Waals surface area contributed by atoms with Crippen LogP contribution in [0.5, 0.6) is 5.75 Å². The second-order valence-electron chi connectivity index (χ2n) is 7.28. The average Bonchev–Trinajstić information content (AvgIpc) is 3.31. The SMILES string of the molecule is Cc1ccc(C(=O)c2oc3cc(OS(=O)(=O)c4cn(C)cn4)ccc3c2NC(N)=O)c(C)n1. The molecular weight excluding hydrogens is 450 g/mol. The molecule has 2 amide bonds. The summed E-state index contributed by atoms with van der Waals surface area (Å²) in [6.45, 7) is 3.47. The summed E-state index contributed by atoms with van der Waals surface area (Å²) >= 11 is 0. The van der Waals surface area contributed by atoms with Crippen LogP contribution >= 0.6 is 0 Å². The van der Waals surface area contributed by atoms with E-state index in [1.54, 1.807) is 33.0 Å². The minimum absolute atomic E-state index is 0.0570. The zero-order chi connectivity index (χ0) is 23.9. The van der Waals surface area contributed by atoms with Crippen molar-refractivity contribution in [3.63, 3.8) is 0 Å². The van der Waals surface area contributed by atoms with Crippen LogP contribution in [0.2, 0.25) is 0 Å². The number of primary amides is 1. The van der Waals surface area contributed by atoms with Crippen LogP contribution in [0.25, 0.3) is 11.0 Å². The van der Waals surface area contributed by atoms with Crippen LogP contribution in [0.1, 0.15) is 27.5 Å². The minimum Gasteiger partial charge on any atom is -0.450 e. The molecule has 0 aliphatic carbocycles. The van der Waals surface area contributed by atoms with Crippen LogP contribution in [0, 0.1) is 13.8 Å². The second kappa shape index (κ2) is 8.06. The van der Waals surface area contributed by atoms with Gasteiger partial charge in [0.05, 0.1) is 6.33 Å². The lowest BCUT2D eigenvalue weighted by molar-refractivity contribution is 0.101. The van der Waals surface area contributed by atoms with Crippen molar-refractivity contribution in [3.05, 3.63) is 65.6 Å². The van der Waals surface area contributed by atoms with Gasteiger partial charge in [-0.15, -0.1) is 0 Å². The molecule has 170 valence electrons. The first kappa shape index (κ1) is 22.0. The molecule has 0 aliphatic heterocycles. The highest BCUT2D eigenvalue weighted by molar-refractivity contribution is 7.87. The molecule has 0 unspecified atom stereocenters. The highest BCUT2D eigenvalue weighted by Gasteiger charge is 2.26. The number of anilines is 1. The van der Waals surface area contributed by atoms with Crippen molar-refractivity contribution in [2.24, 2.45) is 12.8 Å². The number of benzene rings is 1. The Balaban J connectivity index is 1.78. The molecule has 12 heteroatoms. The predicted molar refractivity (Wildman–Crippen MR) is 118 cm³/mol. The molecule has 3 aromatic heterocycles. The van der Waals surface area contributed by atoms with Gasteiger partial charge in [-0.25, -0.2) is 9.78 Å². The van der Waals surface area contributed by atoms with Crippen molar-refractivity contribution < 1.29 is 26.6 Å². The Morgan fingerprint density at radius 1 is 1.18 bits per heavy atom. The van der Waals surface area contributed by atoms with Gasteiger partial charge in [-0.2, -0.15) is 8.42 Å². The summed E-state index contributed by atoms with van der Waals surface area (Å²) < 4.78 is 37.3. The normalized spacial score (nSPS) is 11.5. The van der Waals surface area contributed by atoms with Crippen molar-refractivity contribution in [1.82, 2.24) is 14.5 Å². The molecule has 0 saturated heterocycles. The summed E-state index contributed by atoms with van der Waals surface area (Å²) in [6.07, 6.45) is 2.62. The van der Waals surface area contributed by atoms with Crippen LogP contribution in [0.4, 0.5) is 10.5 Å². The molecule has 3 N–H and O–H groups in total. The van der Waals surface area contributed by atoms with E-state index in [1.807, 2.05) is 0 Å². The zero-order valence-electron chi connectivity index (χ0n) is 17.8. The van der Waals surface area contributed by atoms with E-state index in [-0.39, 0.29) is 33.4 Å². The molecule has 0 saturated carbocycles. The van der Waals surface area contributed by atoms with Crippen molar-refractivity contribution in [2.45, 2.75) is 18.9 Å². The molecule has 0 bridgehead atoms. The first-order valence-electron chi connectivity index (χ1n) is 9.59. The number of nitrogens with two attached hydrogens (primary N) is 1. The molecule has 4 aromatic rings. The summed E-state index contributed by atoms with van der Waals surface area (Å²) in [6, 6.07) is 6.48. The van der Waals surface area contributed by atoms with E-state index < -0.39 is 21.9 Å². The van der Waals surface area contributed by atoms with E-state index in [2.05, 4.69) is 15.3 Å². The van der Waals surface area contributed by atoms with E-state index in [9.17, 15) is 18.0 Å². The summed E-state index contributed by atoms with van der Waals surface area (Å²) in [7, 11) is -2.57. The number of fused-ring (bicyclic) bond motifs is 1. The third-order valence-electron chi connectivity index (χ3n) is 4.73. The number of hydrogen-bond acceptors (Lipinski definition) is 8. The third kappa shape index (κ3) is 4.28. The van der Waals surface area contributed by atoms with Crippen molar-refractivity contribution in [2.75, 3.05) is 5.32 Å². The number of nitrogens with zero attached hydrogens (tertiary/aromatic N) is 3. The number of nitrogens with one attached hydrogen (secondary N) is 1. The number of aryl methyl sites for hydroxylation is 3. The van der Waals surface area contributed by atoms with Gasteiger partial charge in [-0.1, -0.05) is 0 Å². The molecule has 0 atom stereocenters. The van der Waals surface area contributed by atoms with E-state index in [0.29, 0.717) is 11.1 Å². The van der Waals surface area contributed by atoms with E-state index in [0.717, 1.165) is 5.69 Å². The highest BCUT2D eigenvalue weighted by atomic mass is 32.2. The predicted octanol–water partition coefficient (Wildman–Crippen LogP) is 2.67. The molecule has 1 aromatic carbocycles. The monoisotopic (exact) mass is 469 g/mol. The maximum Gasteiger partial charge on any atom is 0.358 e. The third-order valence-corrected chi connectivity index (χ3v) is 5.86. The highest BCUT2D eigenvalue weighted by Crippen LogP contribution is 2.35. The molecule has 0 fully saturated rings. The Labute approximate surface area is 188 Å². The van der Waals surface area contributed by atoms with Gasteiger partial charge in [0.2, 0.25) is 10.8 Å². The molecule has 11 nitrogen and oxygen atoms in total. The fourth-order valence-corrected chi connectivity index (χ4v) is 4.19. The van der Waals surface area contributed by atoms with Gasteiger partial charge in [0.1, 0.15) is 17.0 Å². The Kier molecular flexibility index (Phi) is 5.38. The number of amides is 2. The van der Waals surface area contributed by atoms with Crippen molar-refractivity contribution >= 4 is 38.6 Å². The van der Waals surface area contributed by atoms with Crippen molar-refractivity contribution in [1.29, 1.82) is 0 Å². The Morgan fingerprint density at radius 3 is 2.58 bits per heavy atom. The van der Waals surface area contributed by atoms with E-state index >= 15 is 0 Å². The molecule has 4 rings (SSSR count). The molecule has 0 aliphatic rings. The van der Waals surface area contributed by atoms with Gasteiger partial charge in [0.25, 0.3) is 0 Å². The summed E-state index contributed by atoms with van der Waals surface area (Å²) in [5.74, 6) is -0.773. The number of pyridine rings is 1. The maximum atomic E-state index is 13.2. The molecule has 3 heterocycles. The van der Waals surface area contributed by atoms with Crippen LogP contribution < -0.4 is 15.2 Å². The maximum absolute atomic E-state index is 13.2. The number of urea groups is 1. The van der Waals surface area contributed by atoms with Crippen LogP contribution in [0.15, 0.2) is 52.3 Å². The standard InChI is InChI=1S/C21H19N5O6S/c1-11-4-6-14(12(2)24-11)19(27)20-18(25-21(22)28)15-7-5-13(8-16(15)31-20)32-33(29,30)17-9-26(3)10-23-17/h4-10H,1-3H3,(H3,22,25,28). The number of furan rings is 1. The van der Waals surface area contributed by atoms with Gasteiger partial charge in [0, 0.05) is 41.6 Å². The van der Waals surface area contributed by atoms with Crippen LogP contribution in [-0.2, 0) is 17.2 Å². The number of ketones is 1. The van der Waals surface area contributed by atoms with Crippen molar-refractivity contribution in [3.8, 4) is 5.75 Å². The Bertz CT molecular complexity index is 1520. The lowest BCUT2D eigenvalue weighted by Gasteiger charge is -2.06. The van der Waals surface area contributed by atoms with Crippen LogP contribution in [-0.4, -0.2) is 34.8 Å². The number of hydrogen-bond donors (Lipinski definition) is 2. The number of imidazole rings is 1. The second-order valence-corrected chi connectivity index (χ2v) is 8.78. The van der Waals surface area contributed by atoms with Gasteiger partial charge in [0.15, 0.2) is 5.76 Å². The quantitative estimate of drug-likeness (QED) is 0.322. The molecular formula is C21H19N5O6S. The largest absolute Gasteiger partial charge is 0.450 e. The molecule has 0 radical (unpaired) electrons. The minimum atomic E-state index is -4.19.